The van der Waals surface area contributed by atoms with Gasteiger partial charge in [0.15, 0.2) is 0 Å². The van der Waals surface area contributed by atoms with Gasteiger partial charge in [0, 0.05) is 24.2 Å². The molecule has 120 valence electrons. The number of quaternary nitrogens is 1. The van der Waals surface area contributed by atoms with Gasteiger partial charge in [-0.15, -0.1) is 0 Å². The molecule has 2 aliphatic rings. The molecule has 0 saturated carbocycles. The molecule has 3 nitrogen and oxygen atoms in total. The Morgan fingerprint density at radius 2 is 2.18 bits per heavy atom. The summed E-state index contributed by atoms with van der Waals surface area (Å²) in [5.74, 6) is 0.669. The number of hydroxylamine groups is 3. The molecule has 1 N–H and O–H groups in total. The summed E-state index contributed by atoms with van der Waals surface area (Å²) in [6.45, 7) is 9.87. The lowest BCUT2D eigenvalue weighted by Crippen LogP contribution is -2.65. The molecule has 1 saturated heterocycles. The lowest BCUT2D eigenvalue weighted by atomic mass is 9.59. The highest BCUT2D eigenvalue weighted by Crippen LogP contribution is 2.51. The quantitative estimate of drug-likeness (QED) is 0.511. The smallest absolute Gasteiger partial charge is 0.115 e. The minimum absolute atomic E-state index is 0.00806. The summed E-state index contributed by atoms with van der Waals surface area (Å²) in [6.07, 6.45) is 3.81. The van der Waals surface area contributed by atoms with E-state index in [2.05, 4.69) is 33.8 Å². The summed E-state index contributed by atoms with van der Waals surface area (Å²) >= 11 is 0. The van der Waals surface area contributed by atoms with Crippen molar-refractivity contribution in [3.05, 3.63) is 46.2 Å². The first-order chi connectivity index (χ1) is 10.3. The Kier molecular flexibility index (Phi) is 3.61. The van der Waals surface area contributed by atoms with Gasteiger partial charge in [0.05, 0.1) is 19.1 Å². The van der Waals surface area contributed by atoms with E-state index in [0.29, 0.717) is 24.8 Å². The van der Waals surface area contributed by atoms with E-state index < -0.39 is 0 Å². The average Bonchev–Trinajstić information content (AvgIpc) is 2.46. The van der Waals surface area contributed by atoms with E-state index in [4.69, 9.17) is 0 Å². The van der Waals surface area contributed by atoms with Crippen LogP contribution in [0.2, 0.25) is 0 Å². The zero-order chi connectivity index (χ0) is 16.1. The van der Waals surface area contributed by atoms with Crippen LogP contribution in [0.4, 0.5) is 0 Å². The molecule has 1 fully saturated rings. The van der Waals surface area contributed by atoms with Gasteiger partial charge in [-0.25, -0.2) is 0 Å². The van der Waals surface area contributed by atoms with Crippen LogP contribution in [0.1, 0.15) is 45.2 Å². The van der Waals surface area contributed by atoms with Crippen LogP contribution in [0.3, 0.4) is 0 Å². The fourth-order valence-corrected chi connectivity index (χ4v) is 4.43. The fourth-order valence-electron chi connectivity index (χ4n) is 4.43. The van der Waals surface area contributed by atoms with Crippen molar-refractivity contribution in [1.82, 2.24) is 0 Å². The number of rotatable bonds is 2. The molecule has 2 bridgehead atoms. The van der Waals surface area contributed by atoms with Crippen LogP contribution in [0.5, 0.6) is 5.75 Å². The number of phenolic OH excluding ortho intramolecular Hbond substituents is 1. The first-order valence-corrected chi connectivity index (χ1v) is 8.30. The van der Waals surface area contributed by atoms with Crippen LogP contribution in [0.15, 0.2) is 29.8 Å². The molecule has 1 heterocycles. The first kappa shape index (κ1) is 15.6. The number of piperidine rings is 1. The Labute approximate surface area is 133 Å². The van der Waals surface area contributed by atoms with Crippen LogP contribution in [0, 0.1) is 11.1 Å². The van der Waals surface area contributed by atoms with E-state index in [1.807, 2.05) is 12.1 Å². The Hall–Kier alpha value is -1.32. The number of likely N-dealkylation sites (tertiary alicyclic amines) is 1. The number of fused-ring (bicyclic) bond motifs is 4. The Morgan fingerprint density at radius 3 is 2.86 bits per heavy atom. The maximum Gasteiger partial charge on any atom is 0.115 e. The van der Waals surface area contributed by atoms with Crippen LogP contribution >= 0.6 is 0 Å². The van der Waals surface area contributed by atoms with Gasteiger partial charge in [-0.3, -0.25) is 0 Å². The SMILES string of the molecule is CC(C)=CC[N+]1([O-])CC[C@@]2(C)c3cc(O)ccc3C[C@H]1[C@H]2C. The van der Waals surface area contributed by atoms with E-state index in [-0.39, 0.29) is 16.1 Å². The normalized spacial score (nSPS) is 36.6. The predicted molar refractivity (Wildman–Crippen MR) is 89.5 cm³/mol. The van der Waals surface area contributed by atoms with Crippen molar-refractivity contribution in [2.75, 3.05) is 13.1 Å². The second-order valence-electron chi connectivity index (χ2n) is 7.71. The minimum Gasteiger partial charge on any atom is -0.632 e. The number of allylic oxidation sites excluding steroid dienone is 1. The zero-order valence-electron chi connectivity index (χ0n) is 14.1. The molecule has 1 unspecified atom stereocenters. The van der Waals surface area contributed by atoms with E-state index >= 15 is 0 Å². The molecule has 0 spiro atoms. The number of nitrogens with zero attached hydrogens (tertiary/aromatic N) is 1. The number of benzene rings is 1. The number of phenols is 1. The molecule has 3 heteroatoms. The number of aromatic hydroxyl groups is 1. The Bertz CT molecular complexity index is 620. The Morgan fingerprint density at radius 1 is 1.45 bits per heavy atom. The molecule has 0 amide bonds. The Balaban J connectivity index is 2.02. The van der Waals surface area contributed by atoms with Crippen LogP contribution < -0.4 is 0 Å². The monoisotopic (exact) mass is 301 g/mol. The van der Waals surface area contributed by atoms with Crippen LogP contribution in [-0.2, 0) is 11.8 Å². The van der Waals surface area contributed by atoms with Gasteiger partial charge in [-0.2, -0.15) is 0 Å². The molecule has 22 heavy (non-hydrogen) atoms. The van der Waals surface area contributed by atoms with E-state index in [9.17, 15) is 10.3 Å². The third-order valence-corrected chi connectivity index (χ3v) is 6.14. The van der Waals surface area contributed by atoms with Crippen molar-refractivity contribution in [3.8, 4) is 5.75 Å². The zero-order valence-corrected chi connectivity index (χ0v) is 14.1. The summed E-state index contributed by atoms with van der Waals surface area (Å²) in [5, 5.41) is 23.3. The molecule has 1 aromatic rings. The van der Waals surface area contributed by atoms with Crippen molar-refractivity contribution in [2.24, 2.45) is 5.92 Å². The van der Waals surface area contributed by atoms with Crippen LogP contribution in [-0.4, -0.2) is 28.9 Å². The lowest BCUT2D eigenvalue weighted by molar-refractivity contribution is -0.911. The lowest BCUT2D eigenvalue weighted by Gasteiger charge is -2.61. The molecule has 3 rings (SSSR count). The van der Waals surface area contributed by atoms with Crippen molar-refractivity contribution in [3.63, 3.8) is 0 Å². The van der Waals surface area contributed by atoms with E-state index in [1.165, 1.54) is 16.7 Å². The maximum absolute atomic E-state index is 13.4. The summed E-state index contributed by atoms with van der Waals surface area (Å²) in [7, 11) is 0. The van der Waals surface area contributed by atoms with Gasteiger partial charge in [-0.05, 0) is 43.2 Å². The summed E-state index contributed by atoms with van der Waals surface area (Å²) in [6, 6.07) is 5.80. The summed E-state index contributed by atoms with van der Waals surface area (Å²) in [5.41, 5.74) is 3.73. The maximum atomic E-state index is 13.4. The summed E-state index contributed by atoms with van der Waals surface area (Å²) in [4.78, 5) is 0. The molecule has 1 aliphatic carbocycles. The molecule has 4 atom stereocenters. The molecule has 1 aliphatic heterocycles. The van der Waals surface area contributed by atoms with Crippen molar-refractivity contribution in [2.45, 2.75) is 52.0 Å². The third kappa shape index (κ3) is 2.27. The highest BCUT2D eigenvalue weighted by Gasteiger charge is 2.53. The van der Waals surface area contributed by atoms with Gasteiger partial charge in [0.25, 0.3) is 0 Å². The second-order valence-corrected chi connectivity index (χ2v) is 7.71. The van der Waals surface area contributed by atoms with Crippen molar-refractivity contribution < 1.29 is 9.75 Å². The molecular formula is C19H27NO2. The standard InChI is InChI=1S/C19H27NO2/c1-13(2)7-9-20(22)10-8-19(4)14(3)18(20)11-15-5-6-16(21)12-17(15)19/h5-7,12,14,18,21H,8-11H2,1-4H3/t14-,18+,19-,20?/m1/s1. The molecule has 1 aromatic carbocycles. The molecular weight excluding hydrogens is 274 g/mol. The van der Waals surface area contributed by atoms with Crippen molar-refractivity contribution >= 4 is 0 Å². The predicted octanol–water partition coefficient (Wildman–Crippen LogP) is 3.90. The highest BCUT2D eigenvalue weighted by atomic mass is 16.5. The van der Waals surface area contributed by atoms with Gasteiger partial charge >= 0.3 is 0 Å². The van der Waals surface area contributed by atoms with Gasteiger partial charge in [-0.1, -0.05) is 25.5 Å². The first-order valence-electron chi connectivity index (χ1n) is 8.30. The minimum atomic E-state index is -0.0950. The second kappa shape index (κ2) is 5.10. The van der Waals surface area contributed by atoms with Gasteiger partial charge in [0.1, 0.15) is 5.75 Å². The van der Waals surface area contributed by atoms with E-state index in [0.717, 1.165) is 12.8 Å². The molecule has 0 radical (unpaired) electrons. The number of hydrogen-bond acceptors (Lipinski definition) is 2. The largest absolute Gasteiger partial charge is 0.632 e. The highest BCUT2D eigenvalue weighted by molar-refractivity contribution is 5.43. The topological polar surface area (TPSA) is 43.3 Å². The molecule has 0 aromatic heterocycles. The van der Waals surface area contributed by atoms with Gasteiger partial charge in [0.2, 0.25) is 0 Å². The summed E-state index contributed by atoms with van der Waals surface area (Å²) < 4.78 is -0.0950. The van der Waals surface area contributed by atoms with Gasteiger partial charge < -0.3 is 15.0 Å². The van der Waals surface area contributed by atoms with Crippen LogP contribution in [0.25, 0.3) is 0 Å². The van der Waals surface area contributed by atoms with E-state index in [1.54, 1.807) is 6.07 Å². The van der Waals surface area contributed by atoms with Crippen molar-refractivity contribution in [1.29, 1.82) is 0 Å². The third-order valence-electron chi connectivity index (χ3n) is 6.14. The fraction of sp³-hybridized carbons (Fsp3) is 0.579. The average molecular weight is 301 g/mol. The number of hydrogen-bond donors (Lipinski definition) is 1.